The molecule has 0 spiro atoms. The van der Waals surface area contributed by atoms with Crippen LogP contribution in [0.1, 0.15) is 44.7 Å². The van der Waals surface area contributed by atoms with Crippen molar-refractivity contribution in [3.63, 3.8) is 0 Å². The Balaban J connectivity index is 2.48. The second-order valence-electron chi connectivity index (χ2n) is 6.92. The van der Waals surface area contributed by atoms with Crippen LogP contribution in [0.25, 0.3) is 0 Å². The molecule has 2 aromatic rings. The summed E-state index contributed by atoms with van der Waals surface area (Å²) < 4.78 is 25.4. The monoisotopic (exact) mass is 463 g/mol. The number of nitrogens with zero attached hydrogens (tertiary/aromatic N) is 1. The summed E-state index contributed by atoms with van der Waals surface area (Å²) in [6.45, 7) is 6.67. The molecule has 2 aromatic carbocycles. The number of benzene rings is 2. The largest absolute Gasteiger partial charge is 0.462 e. The molecule has 0 fully saturated rings. The van der Waals surface area contributed by atoms with Crippen LogP contribution in [0.5, 0.6) is 0 Å². The van der Waals surface area contributed by atoms with E-state index in [-0.39, 0.29) is 11.3 Å². The van der Waals surface area contributed by atoms with Crippen molar-refractivity contribution >= 4 is 39.8 Å². The zero-order valence-electron chi connectivity index (χ0n) is 16.7. The zero-order chi connectivity index (χ0) is 21.6. The maximum absolute atomic E-state index is 14.0. The predicted molar refractivity (Wildman–Crippen MR) is 113 cm³/mol. The molecule has 29 heavy (non-hydrogen) atoms. The number of hydrogen-bond acceptors (Lipinski definition) is 5. The van der Waals surface area contributed by atoms with Crippen LogP contribution in [0, 0.1) is 5.82 Å². The first kappa shape index (κ1) is 22.7. The second kappa shape index (κ2) is 10.3. The lowest BCUT2D eigenvalue weighted by Gasteiger charge is -2.20. The Morgan fingerprint density at radius 2 is 1.52 bits per heavy atom. The normalized spacial score (nSPS) is 11.5. The van der Waals surface area contributed by atoms with Gasteiger partial charge in [-0.1, -0.05) is 28.1 Å². The summed E-state index contributed by atoms with van der Waals surface area (Å²) in [6.07, 6.45) is 0.683. The molecule has 0 aliphatic rings. The zero-order valence-corrected chi connectivity index (χ0v) is 18.3. The number of carbonyl (C=O) groups excluding carboxylic acids is 2. The summed E-state index contributed by atoms with van der Waals surface area (Å²) in [5, 5.41) is 0. The molecule has 0 N–H and O–H groups in total. The minimum absolute atomic E-state index is 0.0923. The van der Waals surface area contributed by atoms with Crippen molar-refractivity contribution in [2.75, 3.05) is 0 Å². The molecule has 0 saturated heterocycles. The summed E-state index contributed by atoms with van der Waals surface area (Å²) in [7, 11) is 0. The molecule has 0 bridgehead atoms. The highest BCUT2D eigenvalue weighted by molar-refractivity contribution is 9.10. The maximum atomic E-state index is 14.0. The third-order valence-electron chi connectivity index (χ3n) is 3.70. The van der Waals surface area contributed by atoms with E-state index in [0.717, 1.165) is 16.1 Å². The fourth-order valence-corrected chi connectivity index (χ4v) is 2.78. The highest BCUT2D eigenvalue weighted by Gasteiger charge is 2.35. The molecule has 7 heteroatoms. The molecular weight excluding hydrogens is 441 g/mol. The van der Waals surface area contributed by atoms with Crippen LogP contribution in [0.3, 0.4) is 0 Å². The number of aliphatic imine (C=N–C) groups is 1. The molecule has 5 nitrogen and oxygen atoms in total. The Labute approximate surface area is 178 Å². The molecule has 0 atom stereocenters. The number of hydrogen-bond donors (Lipinski definition) is 0. The van der Waals surface area contributed by atoms with E-state index < -0.39 is 35.9 Å². The number of halogens is 2. The minimum atomic E-state index is -1.44. The predicted octanol–water partition coefficient (Wildman–Crippen LogP) is 5.33. The van der Waals surface area contributed by atoms with E-state index in [4.69, 9.17) is 9.47 Å². The van der Waals surface area contributed by atoms with E-state index in [1.54, 1.807) is 33.9 Å². The van der Waals surface area contributed by atoms with Gasteiger partial charge in [-0.25, -0.2) is 4.39 Å². The Kier molecular flexibility index (Phi) is 8.08. The van der Waals surface area contributed by atoms with Gasteiger partial charge in [-0.2, -0.15) is 0 Å². The Morgan fingerprint density at radius 1 is 0.966 bits per heavy atom. The molecular formula is C22H23BrFNO4. The fourth-order valence-electron chi connectivity index (χ4n) is 2.52. The quantitative estimate of drug-likeness (QED) is 0.316. The van der Waals surface area contributed by atoms with Crippen molar-refractivity contribution < 1.29 is 23.5 Å². The fraction of sp³-hybridized carbons (Fsp3) is 0.318. The molecule has 0 radical (unpaired) electrons. The highest BCUT2D eigenvalue weighted by Crippen LogP contribution is 2.31. The summed E-state index contributed by atoms with van der Waals surface area (Å²) in [4.78, 5) is 29.7. The standard InChI is InChI=1S/C22H23BrFNO4/c1-13(2)28-21(26)20(22(27)29-14(3)4)18-11-17(24)9-10-19(18)25-12-15-5-7-16(23)8-6-15/h5-14,20H,1-4H3. The van der Waals surface area contributed by atoms with E-state index in [0.29, 0.717) is 0 Å². The topological polar surface area (TPSA) is 65.0 Å². The van der Waals surface area contributed by atoms with Crippen molar-refractivity contribution in [1.82, 2.24) is 0 Å². The molecule has 154 valence electrons. The molecule has 0 aliphatic carbocycles. The summed E-state index contributed by atoms with van der Waals surface area (Å²) >= 11 is 3.36. The molecule has 0 heterocycles. The van der Waals surface area contributed by atoms with Gasteiger partial charge in [-0.15, -0.1) is 0 Å². The van der Waals surface area contributed by atoms with Gasteiger partial charge in [0.25, 0.3) is 0 Å². The minimum Gasteiger partial charge on any atom is -0.462 e. The van der Waals surface area contributed by atoms with Crippen LogP contribution in [0.2, 0.25) is 0 Å². The molecule has 2 rings (SSSR count). The number of ether oxygens (including phenoxy) is 2. The van der Waals surface area contributed by atoms with Crippen LogP contribution < -0.4 is 0 Å². The van der Waals surface area contributed by atoms with Gasteiger partial charge in [-0.3, -0.25) is 14.6 Å². The van der Waals surface area contributed by atoms with Gasteiger partial charge >= 0.3 is 11.9 Å². The first-order valence-corrected chi connectivity index (χ1v) is 9.96. The van der Waals surface area contributed by atoms with E-state index in [9.17, 15) is 14.0 Å². The van der Waals surface area contributed by atoms with E-state index in [1.807, 2.05) is 24.3 Å². The molecule has 0 aromatic heterocycles. The summed E-state index contributed by atoms with van der Waals surface area (Å²) in [5.74, 6) is -3.65. The SMILES string of the molecule is CC(C)OC(=O)C(C(=O)OC(C)C)c1cc(F)ccc1N=Cc1ccc(Br)cc1. The van der Waals surface area contributed by atoms with Crippen molar-refractivity contribution in [2.24, 2.45) is 4.99 Å². The van der Waals surface area contributed by atoms with Crippen LogP contribution in [0.15, 0.2) is 51.9 Å². The van der Waals surface area contributed by atoms with Crippen LogP contribution in [0.4, 0.5) is 10.1 Å². The first-order chi connectivity index (χ1) is 13.7. The van der Waals surface area contributed by atoms with Gasteiger partial charge in [-0.05, 0) is 63.6 Å². The molecule has 0 saturated carbocycles. The third-order valence-corrected chi connectivity index (χ3v) is 4.23. The van der Waals surface area contributed by atoms with Crippen molar-refractivity contribution in [3.8, 4) is 0 Å². The van der Waals surface area contributed by atoms with Gasteiger partial charge in [0.05, 0.1) is 17.9 Å². The van der Waals surface area contributed by atoms with Gasteiger partial charge in [0.2, 0.25) is 0 Å². The van der Waals surface area contributed by atoms with Crippen molar-refractivity contribution in [3.05, 3.63) is 63.9 Å². The van der Waals surface area contributed by atoms with Gasteiger partial charge in [0.1, 0.15) is 5.82 Å². The van der Waals surface area contributed by atoms with Crippen molar-refractivity contribution in [1.29, 1.82) is 0 Å². The summed E-state index contributed by atoms with van der Waals surface area (Å²) in [5.41, 5.74) is 1.17. The number of carbonyl (C=O) groups is 2. The van der Waals surface area contributed by atoms with Crippen LogP contribution >= 0.6 is 15.9 Å². The first-order valence-electron chi connectivity index (χ1n) is 9.17. The second-order valence-corrected chi connectivity index (χ2v) is 7.83. The lowest BCUT2D eigenvalue weighted by atomic mass is 9.97. The molecule has 0 aliphatic heterocycles. The Bertz CT molecular complexity index is 872. The van der Waals surface area contributed by atoms with E-state index in [1.165, 1.54) is 12.1 Å². The number of esters is 2. The molecule has 0 unspecified atom stereocenters. The van der Waals surface area contributed by atoms with Gasteiger partial charge in [0.15, 0.2) is 5.92 Å². The molecule has 0 amide bonds. The Morgan fingerprint density at radius 3 is 2.03 bits per heavy atom. The average Bonchev–Trinajstić information content (AvgIpc) is 2.61. The van der Waals surface area contributed by atoms with Crippen molar-refractivity contribution in [2.45, 2.75) is 45.8 Å². The van der Waals surface area contributed by atoms with Crippen LogP contribution in [-0.4, -0.2) is 30.4 Å². The maximum Gasteiger partial charge on any atom is 0.325 e. The lowest BCUT2D eigenvalue weighted by Crippen LogP contribution is -2.29. The highest BCUT2D eigenvalue weighted by atomic mass is 79.9. The van der Waals surface area contributed by atoms with E-state index in [2.05, 4.69) is 20.9 Å². The van der Waals surface area contributed by atoms with E-state index >= 15 is 0 Å². The average molecular weight is 464 g/mol. The van der Waals surface area contributed by atoms with Gasteiger partial charge < -0.3 is 9.47 Å². The van der Waals surface area contributed by atoms with Crippen LogP contribution in [-0.2, 0) is 19.1 Å². The summed E-state index contributed by atoms with van der Waals surface area (Å²) in [6, 6.07) is 11.1. The smallest absolute Gasteiger partial charge is 0.325 e. The lowest BCUT2D eigenvalue weighted by molar-refractivity contribution is -0.161. The van der Waals surface area contributed by atoms with Gasteiger partial charge in [0, 0.05) is 16.3 Å². The third kappa shape index (κ3) is 6.78. The Hall–Kier alpha value is -2.54. The number of rotatable bonds is 7.